The number of benzene rings is 1. The van der Waals surface area contributed by atoms with E-state index in [4.69, 9.17) is 5.73 Å². The molecule has 1 fully saturated rings. The number of hydrogen-bond acceptors (Lipinski definition) is 4. The van der Waals surface area contributed by atoms with Gasteiger partial charge in [-0.3, -0.25) is 9.69 Å². The van der Waals surface area contributed by atoms with E-state index in [0.717, 1.165) is 24.0 Å². The molecule has 5 heteroatoms. The molecule has 1 aromatic heterocycles. The van der Waals surface area contributed by atoms with Crippen molar-refractivity contribution in [2.24, 2.45) is 5.73 Å². The van der Waals surface area contributed by atoms with E-state index in [1.165, 1.54) is 19.3 Å². The minimum atomic E-state index is -0.0780. The third kappa shape index (κ3) is 3.14. The number of aromatic nitrogens is 2. The highest BCUT2D eigenvalue weighted by Crippen LogP contribution is 2.20. The molecule has 21 heavy (non-hydrogen) atoms. The molecule has 1 unspecified atom stereocenters. The van der Waals surface area contributed by atoms with Crippen molar-refractivity contribution in [3.8, 4) is 0 Å². The molecule has 3 rings (SSSR count). The van der Waals surface area contributed by atoms with Gasteiger partial charge in [-0.15, -0.1) is 0 Å². The minimum Gasteiger partial charge on any atom is -0.330 e. The Morgan fingerprint density at radius 1 is 1.33 bits per heavy atom. The van der Waals surface area contributed by atoms with Gasteiger partial charge in [0.1, 0.15) is 5.69 Å². The van der Waals surface area contributed by atoms with E-state index in [2.05, 4.69) is 14.9 Å². The second-order valence-electron chi connectivity index (χ2n) is 5.73. The number of piperidine rings is 1. The fourth-order valence-corrected chi connectivity index (χ4v) is 3.15. The van der Waals surface area contributed by atoms with Crippen molar-refractivity contribution in [3.63, 3.8) is 0 Å². The lowest BCUT2D eigenvalue weighted by Gasteiger charge is -2.35. The summed E-state index contributed by atoms with van der Waals surface area (Å²) in [6, 6.07) is 8.14. The molecule has 0 radical (unpaired) electrons. The zero-order valence-corrected chi connectivity index (χ0v) is 12.2. The number of hydrogen-bond donors (Lipinski definition) is 2. The lowest BCUT2D eigenvalue weighted by atomic mass is 9.99. The number of likely N-dealkylation sites (tertiary alicyclic amines) is 1. The Balaban J connectivity index is 1.86. The van der Waals surface area contributed by atoms with Crippen LogP contribution in [-0.4, -0.2) is 34.0 Å². The average Bonchev–Trinajstić information content (AvgIpc) is 2.50. The number of nitrogens with two attached hydrogens (primary N) is 1. The smallest absolute Gasteiger partial charge is 0.271 e. The number of nitrogens with zero attached hydrogens (tertiary/aromatic N) is 2. The summed E-state index contributed by atoms with van der Waals surface area (Å²) < 4.78 is 0. The van der Waals surface area contributed by atoms with E-state index in [0.29, 0.717) is 24.8 Å². The maximum absolute atomic E-state index is 12.2. The molecule has 0 aliphatic carbocycles. The van der Waals surface area contributed by atoms with Crippen molar-refractivity contribution in [1.29, 1.82) is 0 Å². The fourth-order valence-electron chi connectivity index (χ4n) is 3.15. The molecular weight excluding hydrogens is 264 g/mol. The molecule has 0 saturated carbocycles. The first-order valence-corrected chi connectivity index (χ1v) is 7.70. The van der Waals surface area contributed by atoms with Gasteiger partial charge in [0.25, 0.3) is 5.56 Å². The van der Waals surface area contributed by atoms with Crippen molar-refractivity contribution in [2.45, 2.75) is 38.3 Å². The molecule has 1 aromatic carbocycles. The van der Waals surface area contributed by atoms with Gasteiger partial charge >= 0.3 is 0 Å². The summed E-state index contributed by atoms with van der Waals surface area (Å²) in [5.41, 5.74) is 7.88. The van der Waals surface area contributed by atoms with Gasteiger partial charge < -0.3 is 10.7 Å². The predicted octanol–water partition coefficient (Wildman–Crippen LogP) is 1.63. The van der Waals surface area contributed by atoms with E-state index in [9.17, 15) is 4.79 Å². The minimum absolute atomic E-state index is 0.0780. The maximum atomic E-state index is 12.2. The molecule has 112 valence electrons. The maximum Gasteiger partial charge on any atom is 0.271 e. The predicted molar refractivity (Wildman–Crippen MR) is 84.1 cm³/mol. The largest absolute Gasteiger partial charge is 0.330 e. The summed E-state index contributed by atoms with van der Waals surface area (Å²) in [5.74, 6) is 0. The van der Waals surface area contributed by atoms with Crippen molar-refractivity contribution in [1.82, 2.24) is 14.9 Å². The average molecular weight is 286 g/mol. The zero-order valence-electron chi connectivity index (χ0n) is 12.2. The molecular formula is C16H22N4O. The topological polar surface area (TPSA) is 75.0 Å². The fraction of sp³-hybridized carbons (Fsp3) is 0.500. The molecule has 1 atom stereocenters. The molecule has 2 heterocycles. The summed E-state index contributed by atoms with van der Waals surface area (Å²) in [7, 11) is 0. The number of H-pyrrole nitrogens is 1. The van der Waals surface area contributed by atoms with Crippen molar-refractivity contribution in [2.75, 3.05) is 13.1 Å². The summed E-state index contributed by atoms with van der Waals surface area (Å²) >= 11 is 0. The molecule has 1 aliphatic rings. The van der Waals surface area contributed by atoms with Crippen LogP contribution >= 0.6 is 0 Å². The first-order chi connectivity index (χ1) is 10.3. The van der Waals surface area contributed by atoms with E-state index in [-0.39, 0.29) is 5.56 Å². The third-order valence-electron chi connectivity index (χ3n) is 4.27. The van der Waals surface area contributed by atoms with E-state index < -0.39 is 0 Å². The zero-order chi connectivity index (χ0) is 14.7. The van der Waals surface area contributed by atoms with Gasteiger partial charge in [0.15, 0.2) is 0 Å². The van der Waals surface area contributed by atoms with E-state index >= 15 is 0 Å². The number of aromatic amines is 1. The Labute approximate surface area is 124 Å². The summed E-state index contributed by atoms with van der Waals surface area (Å²) in [5, 5.41) is 0. The highest BCUT2D eigenvalue weighted by molar-refractivity contribution is 5.73. The summed E-state index contributed by atoms with van der Waals surface area (Å²) in [4.78, 5) is 22.0. The first-order valence-electron chi connectivity index (χ1n) is 7.70. The van der Waals surface area contributed by atoms with Crippen molar-refractivity contribution in [3.05, 3.63) is 40.3 Å². The highest BCUT2D eigenvalue weighted by Gasteiger charge is 2.23. The SMILES string of the molecule is NCCC1CCCCN1Cc1nc2ccccc2[nH]c1=O. The lowest BCUT2D eigenvalue weighted by molar-refractivity contribution is 0.132. The number of nitrogens with one attached hydrogen (secondary N) is 1. The van der Waals surface area contributed by atoms with Crippen LogP contribution in [-0.2, 0) is 6.54 Å². The second kappa shape index (κ2) is 6.37. The number of rotatable bonds is 4. The normalized spacial score (nSPS) is 20.0. The Hall–Kier alpha value is -1.72. The number of fused-ring (bicyclic) bond motifs is 1. The Bertz CT molecular complexity index is 665. The molecule has 0 bridgehead atoms. The molecule has 0 spiro atoms. The van der Waals surface area contributed by atoms with Crippen LogP contribution in [0.4, 0.5) is 0 Å². The van der Waals surface area contributed by atoms with Crippen LogP contribution in [0.25, 0.3) is 11.0 Å². The first kappa shape index (κ1) is 14.2. The van der Waals surface area contributed by atoms with Crippen LogP contribution in [0.5, 0.6) is 0 Å². The van der Waals surface area contributed by atoms with Gasteiger partial charge in [-0.1, -0.05) is 18.6 Å². The second-order valence-corrected chi connectivity index (χ2v) is 5.73. The molecule has 5 nitrogen and oxygen atoms in total. The van der Waals surface area contributed by atoms with Gasteiger partial charge in [-0.25, -0.2) is 4.98 Å². The van der Waals surface area contributed by atoms with E-state index in [1.54, 1.807) is 0 Å². The van der Waals surface area contributed by atoms with Gasteiger partial charge in [0, 0.05) is 12.6 Å². The van der Waals surface area contributed by atoms with Crippen molar-refractivity contribution < 1.29 is 0 Å². The molecule has 1 aliphatic heterocycles. The monoisotopic (exact) mass is 286 g/mol. The molecule has 2 aromatic rings. The lowest BCUT2D eigenvalue weighted by Crippen LogP contribution is -2.41. The standard InChI is InChI=1S/C16H22N4O/c17-9-8-12-5-3-4-10-20(12)11-15-16(21)19-14-7-2-1-6-13(14)18-15/h1-2,6-7,12H,3-5,8-11,17H2,(H,19,21). The van der Waals surface area contributed by atoms with Crippen LogP contribution in [0.15, 0.2) is 29.1 Å². The quantitative estimate of drug-likeness (QED) is 0.895. The van der Waals surface area contributed by atoms with Crippen LogP contribution in [0.2, 0.25) is 0 Å². The number of para-hydroxylation sites is 2. The van der Waals surface area contributed by atoms with Crippen LogP contribution in [0.1, 0.15) is 31.4 Å². The summed E-state index contributed by atoms with van der Waals surface area (Å²) in [6.45, 7) is 2.34. The van der Waals surface area contributed by atoms with Gasteiger partial charge in [0.05, 0.1) is 11.0 Å². The Morgan fingerprint density at radius 3 is 3.05 bits per heavy atom. The molecule has 3 N–H and O–H groups in total. The Kier molecular flexibility index (Phi) is 4.31. The van der Waals surface area contributed by atoms with Crippen LogP contribution in [0.3, 0.4) is 0 Å². The highest BCUT2D eigenvalue weighted by atomic mass is 16.1. The van der Waals surface area contributed by atoms with Crippen molar-refractivity contribution >= 4 is 11.0 Å². The van der Waals surface area contributed by atoms with Crippen LogP contribution in [0, 0.1) is 0 Å². The molecule has 1 saturated heterocycles. The van der Waals surface area contributed by atoms with E-state index in [1.807, 2.05) is 24.3 Å². The van der Waals surface area contributed by atoms with Gasteiger partial charge in [-0.05, 0) is 44.5 Å². The summed E-state index contributed by atoms with van der Waals surface area (Å²) in [6.07, 6.45) is 4.60. The molecule has 0 amide bonds. The van der Waals surface area contributed by atoms with Gasteiger partial charge in [-0.2, -0.15) is 0 Å². The van der Waals surface area contributed by atoms with Gasteiger partial charge in [0.2, 0.25) is 0 Å². The third-order valence-corrected chi connectivity index (χ3v) is 4.27. The Morgan fingerprint density at radius 2 is 2.19 bits per heavy atom. The van der Waals surface area contributed by atoms with Crippen LogP contribution < -0.4 is 11.3 Å².